The van der Waals surface area contributed by atoms with Gasteiger partial charge in [0.1, 0.15) is 6.54 Å². The van der Waals surface area contributed by atoms with E-state index in [1.54, 1.807) is 12.1 Å². The van der Waals surface area contributed by atoms with Gasteiger partial charge in [-0.1, -0.05) is 56.6 Å². The predicted octanol–water partition coefficient (Wildman–Crippen LogP) is 4.94. The van der Waals surface area contributed by atoms with Crippen LogP contribution >= 0.6 is 11.6 Å². The van der Waals surface area contributed by atoms with E-state index in [4.69, 9.17) is 11.6 Å². The average molecular weight is 373 g/mol. The molecule has 0 aliphatic carbocycles. The van der Waals surface area contributed by atoms with Gasteiger partial charge in [0, 0.05) is 23.3 Å². The number of carbonyl (C=O) groups excluding carboxylic acids is 2. The van der Waals surface area contributed by atoms with Crippen LogP contribution in [0.25, 0.3) is 0 Å². The lowest BCUT2D eigenvalue weighted by Gasteiger charge is -2.25. The minimum Gasteiger partial charge on any atom is -0.324 e. The highest BCUT2D eigenvalue weighted by Gasteiger charge is 2.21. The first-order valence-electron chi connectivity index (χ1n) is 8.53. The van der Waals surface area contributed by atoms with E-state index >= 15 is 0 Å². The number of rotatable bonds is 4. The second kappa shape index (κ2) is 7.92. The Morgan fingerprint density at radius 3 is 2.35 bits per heavy atom. The molecule has 1 N–H and O–H groups in total. The average Bonchev–Trinajstić information content (AvgIpc) is 2.54. The van der Waals surface area contributed by atoms with E-state index < -0.39 is 0 Å². The fourth-order valence-corrected chi connectivity index (χ4v) is 2.89. The zero-order valence-electron chi connectivity index (χ0n) is 15.9. The first-order chi connectivity index (χ1) is 12.1. The van der Waals surface area contributed by atoms with Crippen LogP contribution in [0.4, 0.5) is 11.4 Å². The summed E-state index contributed by atoms with van der Waals surface area (Å²) in [6, 6.07) is 13.0. The van der Waals surface area contributed by atoms with E-state index in [1.165, 1.54) is 11.8 Å². The van der Waals surface area contributed by atoms with Crippen molar-refractivity contribution in [2.24, 2.45) is 0 Å². The summed E-state index contributed by atoms with van der Waals surface area (Å²) < 4.78 is 0. The van der Waals surface area contributed by atoms with Crippen molar-refractivity contribution in [2.75, 3.05) is 16.8 Å². The molecule has 0 saturated carbocycles. The van der Waals surface area contributed by atoms with Gasteiger partial charge in [-0.25, -0.2) is 0 Å². The SMILES string of the molecule is CC(=O)N(CC(=O)Nc1ccccc1C(C)(C)C)c1ccc(C)c(Cl)c1. The van der Waals surface area contributed by atoms with Gasteiger partial charge in [0.15, 0.2) is 0 Å². The highest BCUT2D eigenvalue weighted by Crippen LogP contribution is 2.29. The van der Waals surface area contributed by atoms with Crippen LogP contribution in [-0.2, 0) is 15.0 Å². The zero-order chi connectivity index (χ0) is 19.5. The summed E-state index contributed by atoms with van der Waals surface area (Å²) in [5.74, 6) is -0.474. The van der Waals surface area contributed by atoms with Gasteiger partial charge in [0.25, 0.3) is 0 Å². The van der Waals surface area contributed by atoms with E-state index in [0.717, 1.165) is 16.8 Å². The summed E-state index contributed by atoms with van der Waals surface area (Å²) in [7, 11) is 0. The van der Waals surface area contributed by atoms with Crippen molar-refractivity contribution in [3.63, 3.8) is 0 Å². The molecule has 0 unspecified atom stereocenters. The second-order valence-electron chi connectivity index (χ2n) is 7.38. The molecule has 2 rings (SSSR count). The molecule has 0 radical (unpaired) electrons. The summed E-state index contributed by atoms with van der Waals surface area (Å²) in [5, 5.41) is 3.49. The van der Waals surface area contributed by atoms with Gasteiger partial charge in [-0.15, -0.1) is 0 Å². The summed E-state index contributed by atoms with van der Waals surface area (Å²) in [6.45, 7) is 9.52. The van der Waals surface area contributed by atoms with E-state index in [2.05, 4.69) is 26.1 Å². The van der Waals surface area contributed by atoms with Gasteiger partial charge in [-0.3, -0.25) is 9.59 Å². The number of aryl methyl sites for hydroxylation is 1. The number of nitrogens with zero attached hydrogens (tertiary/aromatic N) is 1. The van der Waals surface area contributed by atoms with Gasteiger partial charge in [-0.2, -0.15) is 0 Å². The third kappa shape index (κ3) is 4.85. The Labute approximate surface area is 160 Å². The lowest BCUT2D eigenvalue weighted by molar-refractivity contribution is -0.120. The van der Waals surface area contributed by atoms with Crippen LogP contribution in [0.1, 0.15) is 38.8 Å². The molecule has 2 amide bonds. The highest BCUT2D eigenvalue weighted by atomic mass is 35.5. The molecule has 0 bridgehead atoms. The number of amides is 2. The third-order valence-electron chi connectivity index (χ3n) is 4.16. The number of anilines is 2. The predicted molar refractivity (Wildman–Crippen MR) is 108 cm³/mol. The number of halogens is 1. The lowest BCUT2D eigenvalue weighted by Crippen LogP contribution is -2.37. The molecular formula is C21H25ClN2O2. The minimum absolute atomic E-state index is 0.0762. The van der Waals surface area contributed by atoms with Gasteiger partial charge >= 0.3 is 0 Å². The first-order valence-corrected chi connectivity index (χ1v) is 8.91. The van der Waals surface area contributed by atoms with Crippen LogP contribution in [0.3, 0.4) is 0 Å². The summed E-state index contributed by atoms with van der Waals surface area (Å²) in [4.78, 5) is 26.1. The number of carbonyl (C=O) groups is 2. The van der Waals surface area contributed by atoms with Crippen LogP contribution in [0.15, 0.2) is 42.5 Å². The molecule has 0 aliphatic heterocycles. The molecule has 0 atom stereocenters. The molecule has 0 fully saturated rings. The molecule has 2 aromatic carbocycles. The van der Waals surface area contributed by atoms with Crippen molar-refractivity contribution in [1.82, 2.24) is 0 Å². The molecule has 0 spiro atoms. The molecule has 5 heteroatoms. The number of hydrogen-bond acceptors (Lipinski definition) is 2. The van der Waals surface area contributed by atoms with E-state index in [-0.39, 0.29) is 23.8 Å². The molecule has 26 heavy (non-hydrogen) atoms. The summed E-state index contributed by atoms with van der Waals surface area (Å²) >= 11 is 6.16. The standard InChI is InChI=1S/C21H25ClN2O2/c1-14-10-11-16(12-18(14)22)24(15(2)25)13-20(26)23-19-9-7-6-8-17(19)21(3,4)5/h6-12H,13H2,1-5H3,(H,23,26). The molecule has 2 aromatic rings. The number of para-hydroxylation sites is 1. The Hall–Kier alpha value is -2.33. The molecule has 138 valence electrons. The smallest absolute Gasteiger partial charge is 0.244 e. The van der Waals surface area contributed by atoms with E-state index in [1.807, 2.05) is 37.3 Å². The quantitative estimate of drug-likeness (QED) is 0.826. The van der Waals surface area contributed by atoms with Crippen molar-refractivity contribution >= 4 is 34.8 Å². The fourth-order valence-electron chi connectivity index (χ4n) is 2.71. The number of nitrogens with one attached hydrogen (secondary N) is 1. The topological polar surface area (TPSA) is 49.4 Å². The number of benzene rings is 2. The van der Waals surface area contributed by atoms with Crippen LogP contribution in [0.5, 0.6) is 0 Å². The zero-order valence-corrected chi connectivity index (χ0v) is 16.6. The van der Waals surface area contributed by atoms with Gasteiger partial charge in [0.2, 0.25) is 11.8 Å². The van der Waals surface area contributed by atoms with Crippen LogP contribution in [0.2, 0.25) is 5.02 Å². The Morgan fingerprint density at radius 2 is 1.77 bits per heavy atom. The normalized spacial score (nSPS) is 11.2. The second-order valence-corrected chi connectivity index (χ2v) is 7.79. The maximum atomic E-state index is 12.6. The van der Waals surface area contributed by atoms with Crippen LogP contribution in [0, 0.1) is 6.92 Å². The monoisotopic (exact) mass is 372 g/mol. The molecular weight excluding hydrogens is 348 g/mol. The molecule has 0 heterocycles. The highest BCUT2D eigenvalue weighted by molar-refractivity contribution is 6.31. The van der Waals surface area contributed by atoms with Crippen molar-refractivity contribution in [3.8, 4) is 0 Å². The van der Waals surface area contributed by atoms with Crippen molar-refractivity contribution in [1.29, 1.82) is 0 Å². The van der Waals surface area contributed by atoms with E-state index in [0.29, 0.717) is 10.7 Å². The summed E-state index contributed by atoms with van der Waals surface area (Å²) in [5.41, 5.74) is 3.22. The fraction of sp³-hybridized carbons (Fsp3) is 0.333. The van der Waals surface area contributed by atoms with Gasteiger partial charge < -0.3 is 10.2 Å². The number of hydrogen-bond donors (Lipinski definition) is 1. The Morgan fingerprint density at radius 1 is 1.12 bits per heavy atom. The van der Waals surface area contributed by atoms with Crippen LogP contribution < -0.4 is 10.2 Å². The van der Waals surface area contributed by atoms with Crippen LogP contribution in [-0.4, -0.2) is 18.4 Å². The Kier molecular flexibility index (Phi) is 6.09. The largest absolute Gasteiger partial charge is 0.324 e. The van der Waals surface area contributed by atoms with Crippen molar-refractivity contribution in [3.05, 3.63) is 58.6 Å². The summed E-state index contributed by atoms with van der Waals surface area (Å²) in [6.07, 6.45) is 0. The van der Waals surface area contributed by atoms with E-state index in [9.17, 15) is 9.59 Å². The Balaban J connectivity index is 2.22. The lowest BCUT2D eigenvalue weighted by atomic mass is 9.86. The van der Waals surface area contributed by atoms with Gasteiger partial charge in [-0.05, 0) is 41.7 Å². The maximum absolute atomic E-state index is 12.6. The van der Waals surface area contributed by atoms with Crippen molar-refractivity contribution < 1.29 is 9.59 Å². The molecule has 0 saturated heterocycles. The molecule has 0 aromatic heterocycles. The molecule has 4 nitrogen and oxygen atoms in total. The maximum Gasteiger partial charge on any atom is 0.244 e. The first kappa shape index (κ1) is 20.0. The molecule has 0 aliphatic rings. The minimum atomic E-state index is -0.256. The van der Waals surface area contributed by atoms with Gasteiger partial charge in [0.05, 0.1) is 0 Å². The Bertz CT molecular complexity index is 825. The van der Waals surface area contributed by atoms with Crippen molar-refractivity contribution in [2.45, 2.75) is 40.0 Å². The third-order valence-corrected chi connectivity index (χ3v) is 4.57.